The molecular formula is C16H16N2O2. The van der Waals surface area contributed by atoms with E-state index in [-0.39, 0.29) is 11.8 Å². The zero-order chi connectivity index (χ0) is 14.4. The molecule has 2 aromatic rings. The van der Waals surface area contributed by atoms with Crippen LogP contribution in [0.4, 0.5) is 10.5 Å². The molecule has 0 aromatic heterocycles. The Morgan fingerprint density at radius 2 is 1.95 bits per heavy atom. The normalized spacial score (nSPS) is 10.4. The zero-order valence-corrected chi connectivity index (χ0v) is 11.1. The van der Waals surface area contributed by atoms with Gasteiger partial charge in [-0.15, -0.1) is 0 Å². The van der Waals surface area contributed by atoms with Crippen LogP contribution in [0.25, 0.3) is 6.08 Å². The molecule has 2 aromatic carbocycles. The molecule has 0 aliphatic rings. The Labute approximate surface area is 117 Å². The van der Waals surface area contributed by atoms with Crippen molar-refractivity contribution in [3.63, 3.8) is 0 Å². The standard InChI is InChI=1S/C16H16N2O2/c1-12-4-2-5-13(10-12)8-9-17-16(20)18-14-6-3-7-15(19)11-14/h2-11,19H,1H3,(H2,17,18,20)/b9-8+. The van der Waals surface area contributed by atoms with E-state index >= 15 is 0 Å². The predicted molar refractivity (Wildman–Crippen MR) is 80.5 cm³/mol. The Morgan fingerprint density at radius 3 is 2.70 bits per heavy atom. The molecule has 0 bridgehead atoms. The van der Waals surface area contributed by atoms with Crippen molar-refractivity contribution < 1.29 is 9.90 Å². The SMILES string of the molecule is Cc1cccc(/C=C/NC(=O)Nc2cccc(O)c2)c1. The molecule has 0 spiro atoms. The van der Waals surface area contributed by atoms with Crippen molar-refractivity contribution in [1.82, 2.24) is 5.32 Å². The largest absolute Gasteiger partial charge is 0.508 e. The molecule has 0 aliphatic carbocycles. The number of aryl methyl sites for hydroxylation is 1. The molecule has 0 saturated carbocycles. The number of hydrogen-bond donors (Lipinski definition) is 3. The van der Waals surface area contributed by atoms with E-state index in [1.807, 2.05) is 37.3 Å². The Kier molecular flexibility index (Phi) is 4.39. The first-order valence-electron chi connectivity index (χ1n) is 6.23. The zero-order valence-electron chi connectivity index (χ0n) is 11.1. The molecule has 4 heteroatoms. The lowest BCUT2D eigenvalue weighted by Gasteiger charge is -2.04. The molecule has 0 saturated heterocycles. The highest BCUT2D eigenvalue weighted by Crippen LogP contribution is 2.14. The van der Waals surface area contributed by atoms with E-state index in [0.29, 0.717) is 5.69 Å². The summed E-state index contributed by atoms with van der Waals surface area (Å²) in [5.41, 5.74) is 2.71. The number of rotatable bonds is 3. The van der Waals surface area contributed by atoms with Gasteiger partial charge in [-0.2, -0.15) is 0 Å². The van der Waals surface area contributed by atoms with Gasteiger partial charge in [-0.1, -0.05) is 35.9 Å². The minimum atomic E-state index is -0.362. The summed E-state index contributed by atoms with van der Waals surface area (Å²) in [5.74, 6) is 0.109. The van der Waals surface area contributed by atoms with Gasteiger partial charge in [0.05, 0.1) is 0 Å². The smallest absolute Gasteiger partial charge is 0.323 e. The van der Waals surface area contributed by atoms with Crippen molar-refractivity contribution in [2.45, 2.75) is 6.92 Å². The quantitative estimate of drug-likeness (QED) is 0.798. The minimum absolute atomic E-state index is 0.109. The topological polar surface area (TPSA) is 61.4 Å². The van der Waals surface area contributed by atoms with Crippen molar-refractivity contribution >= 4 is 17.8 Å². The first kappa shape index (κ1) is 13.7. The maximum absolute atomic E-state index is 11.6. The van der Waals surface area contributed by atoms with Crippen LogP contribution in [-0.4, -0.2) is 11.1 Å². The highest BCUT2D eigenvalue weighted by Gasteiger charge is 1.99. The number of phenolic OH excluding ortho intramolecular Hbond substituents is 1. The number of phenols is 1. The van der Waals surface area contributed by atoms with Crippen LogP contribution in [0.3, 0.4) is 0 Å². The van der Waals surface area contributed by atoms with Crippen molar-refractivity contribution in [2.24, 2.45) is 0 Å². The second kappa shape index (κ2) is 6.43. The number of carbonyl (C=O) groups is 1. The number of carbonyl (C=O) groups excluding carboxylic acids is 1. The Morgan fingerprint density at radius 1 is 1.15 bits per heavy atom. The van der Waals surface area contributed by atoms with E-state index < -0.39 is 0 Å². The van der Waals surface area contributed by atoms with Crippen LogP contribution in [0.1, 0.15) is 11.1 Å². The number of aromatic hydroxyl groups is 1. The summed E-state index contributed by atoms with van der Waals surface area (Å²) in [7, 11) is 0. The lowest BCUT2D eigenvalue weighted by atomic mass is 10.1. The molecule has 102 valence electrons. The molecule has 2 rings (SSSR count). The van der Waals surface area contributed by atoms with E-state index in [1.54, 1.807) is 24.4 Å². The average Bonchev–Trinajstić information content (AvgIpc) is 2.38. The van der Waals surface area contributed by atoms with Gasteiger partial charge < -0.3 is 15.7 Å². The van der Waals surface area contributed by atoms with Crippen molar-refractivity contribution in [3.8, 4) is 5.75 Å². The first-order chi connectivity index (χ1) is 9.63. The Hall–Kier alpha value is -2.75. The molecule has 0 radical (unpaired) electrons. The first-order valence-corrected chi connectivity index (χ1v) is 6.23. The summed E-state index contributed by atoms with van der Waals surface area (Å²) in [6.45, 7) is 2.01. The Bertz CT molecular complexity index is 636. The van der Waals surface area contributed by atoms with E-state index in [1.165, 1.54) is 6.07 Å². The second-order valence-electron chi connectivity index (χ2n) is 4.40. The third-order valence-corrected chi connectivity index (χ3v) is 2.64. The summed E-state index contributed by atoms with van der Waals surface area (Å²) in [5, 5.41) is 14.5. The molecule has 2 amide bonds. The third kappa shape index (κ3) is 4.17. The molecule has 0 atom stereocenters. The van der Waals surface area contributed by atoms with Crippen molar-refractivity contribution in [2.75, 3.05) is 5.32 Å². The number of benzene rings is 2. The van der Waals surface area contributed by atoms with Crippen LogP contribution in [-0.2, 0) is 0 Å². The lowest BCUT2D eigenvalue weighted by molar-refractivity contribution is 0.255. The maximum atomic E-state index is 11.6. The summed E-state index contributed by atoms with van der Waals surface area (Å²) < 4.78 is 0. The molecule has 3 N–H and O–H groups in total. The highest BCUT2D eigenvalue weighted by molar-refractivity contribution is 5.90. The molecule has 0 unspecified atom stereocenters. The van der Waals surface area contributed by atoms with Gasteiger partial charge in [-0.3, -0.25) is 0 Å². The predicted octanol–water partition coefficient (Wildman–Crippen LogP) is 3.49. The van der Waals surface area contributed by atoms with Gasteiger partial charge in [0.2, 0.25) is 0 Å². The van der Waals surface area contributed by atoms with Gasteiger partial charge >= 0.3 is 6.03 Å². The van der Waals surface area contributed by atoms with E-state index in [2.05, 4.69) is 10.6 Å². The number of anilines is 1. The molecule has 4 nitrogen and oxygen atoms in total. The highest BCUT2D eigenvalue weighted by atomic mass is 16.3. The maximum Gasteiger partial charge on any atom is 0.323 e. The molecule has 0 fully saturated rings. The van der Waals surface area contributed by atoms with Gasteiger partial charge in [0.25, 0.3) is 0 Å². The van der Waals surface area contributed by atoms with E-state index in [4.69, 9.17) is 0 Å². The van der Waals surface area contributed by atoms with Gasteiger partial charge in [-0.25, -0.2) is 4.79 Å². The minimum Gasteiger partial charge on any atom is -0.508 e. The van der Waals surface area contributed by atoms with Crippen LogP contribution in [0, 0.1) is 6.92 Å². The summed E-state index contributed by atoms with van der Waals surface area (Å²) in [6, 6.07) is 14.0. The summed E-state index contributed by atoms with van der Waals surface area (Å²) >= 11 is 0. The second-order valence-corrected chi connectivity index (χ2v) is 4.40. The summed E-state index contributed by atoms with van der Waals surface area (Å²) in [6.07, 6.45) is 3.39. The number of hydrogen-bond acceptors (Lipinski definition) is 2. The fourth-order valence-electron chi connectivity index (χ4n) is 1.74. The van der Waals surface area contributed by atoms with Crippen LogP contribution < -0.4 is 10.6 Å². The fourth-order valence-corrected chi connectivity index (χ4v) is 1.74. The number of nitrogens with one attached hydrogen (secondary N) is 2. The lowest BCUT2D eigenvalue weighted by Crippen LogP contribution is -2.23. The number of amides is 2. The van der Waals surface area contributed by atoms with Gasteiger partial charge in [0.15, 0.2) is 0 Å². The van der Waals surface area contributed by atoms with Gasteiger partial charge in [-0.05, 0) is 30.7 Å². The van der Waals surface area contributed by atoms with Crippen LogP contribution in [0.15, 0.2) is 54.7 Å². The molecule has 20 heavy (non-hydrogen) atoms. The van der Waals surface area contributed by atoms with Gasteiger partial charge in [0.1, 0.15) is 5.75 Å². The van der Waals surface area contributed by atoms with Crippen LogP contribution in [0.2, 0.25) is 0 Å². The molecule has 0 heterocycles. The van der Waals surface area contributed by atoms with Gasteiger partial charge in [0, 0.05) is 18.0 Å². The molecule has 0 aliphatic heterocycles. The third-order valence-electron chi connectivity index (χ3n) is 2.64. The number of urea groups is 1. The average molecular weight is 268 g/mol. The fraction of sp³-hybridized carbons (Fsp3) is 0.0625. The summed E-state index contributed by atoms with van der Waals surface area (Å²) in [4.78, 5) is 11.6. The van der Waals surface area contributed by atoms with Crippen molar-refractivity contribution in [3.05, 3.63) is 65.9 Å². The monoisotopic (exact) mass is 268 g/mol. The van der Waals surface area contributed by atoms with Crippen molar-refractivity contribution in [1.29, 1.82) is 0 Å². The molecular weight excluding hydrogens is 252 g/mol. The van der Waals surface area contributed by atoms with Crippen LogP contribution in [0.5, 0.6) is 5.75 Å². The Balaban J connectivity index is 1.89. The van der Waals surface area contributed by atoms with Crippen LogP contribution >= 0.6 is 0 Å². The van der Waals surface area contributed by atoms with E-state index in [0.717, 1.165) is 11.1 Å². The van der Waals surface area contributed by atoms with E-state index in [9.17, 15) is 9.90 Å².